The molecular formula is C13H22N2O5S. The van der Waals surface area contributed by atoms with E-state index in [1.54, 1.807) is 0 Å². The Morgan fingerprint density at radius 1 is 1.19 bits per heavy atom. The zero-order valence-corrected chi connectivity index (χ0v) is 12.9. The number of thioether (sulfide) groups is 1. The number of hydrogen-bond acceptors (Lipinski definition) is 5. The number of carbonyl (C=O) groups is 3. The lowest BCUT2D eigenvalue weighted by Crippen LogP contribution is -2.47. The van der Waals surface area contributed by atoms with Crippen LogP contribution in [0.3, 0.4) is 0 Å². The highest BCUT2D eigenvalue weighted by Gasteiger charge is 2.30. The molecule has 0 bridgehead atoms. The van der Waals surface area contributed by atoms with Crippen molar-refractivity contribution in [1.82, 2.24) is 10.2 Å². The number of aliphatic hydroxyl groups is 1. The summed E-state index contributed by atoms with van der Waals surface area (Å²) in [5, 5.41) is 20.5. The first-order valence-electron chi connectivity index (χ1n) is 6.91. The molecule has 0 radical (unpaired) electrons. The van der Waals surface area contributed by atoms with Gasteiger partial charge in [0.2, 0.25) is 11.8 Å². The normalized spacial score (nSPS) is 17.9. The van der Waals surface area contributed by atoms with Crippen molar-refractivity contribution >= 4 is 29.5 Å². The number of carbonyl (C=O) groups excluding carboxylic acids is 2. The molecule has 0 aromatic carbocycles. The third kappa shape index (κ3) is 6.34. The summed E-state index contributed by atoms with van der Waals surface area (Å²) in [7, 11) is 0. The molecule has 0 aromatic rings. The van der Waals surface area contributed by atoms with Gasteiger partial charge in [0.1, 0.15) is 0 Å². The third-order valence-electron chi connectivity index (χ3n) is 3.26. The summed E-state index contributed by atoms with van der Waals surface area (Å²) < 4.78 is 0. The number of amides is 2. The number of likely N-dealkylation sites (tertiary alicyclic amines) is 1. The first-order chi connectivity index (χ1) is 9.83. The minimum absolute atomic E-state index is 0.0324. The minimum atomic E-state index is -1.98. The van der Waals surface area contributed by atoms with Gasteiger partial charge in [-0.25, -0.2) is 4.79 Å². The predicted molar refractivity (Wildman–Crippen MR) is 79.0 cm³/mol. The van der Waals surface area contributed by atoms with Gasteiger partial charge in [0.05, 0.1) is 18.1 Å². The van der Waals surface area contributed by atoms with E-state index in [1.807, 2.05) is 4.90 Å². The van der Waals surface area contributed by atoms with Crippen molar-refractivity contribution in [2.24, 2.45) is 0 Å². The van der Waals surface area contributed by atoms with E-state index in [-0.39, 0.29) is 24.0 Å². The molecule has 1 unspecified atom stereocenters. The van der Waals surface area contributed by atoms with Crippen LogP contribution >= 0.6 is 11.8 Å². The fraction of sp³-hybridized carbons (Fsp3) is 0.769. The van der Waals surface area contributed by atoms with E-state index in [0.29, 0.717) is 0 Å². The van der Waals surface area contributed by atoms with Crippen molar-refractivity contribution in [3.8, 4) is 0 Å². The number of piperidine rings is 1. The summed E-state index contributed by atoms with van der Waals surface area (Å²) in [5.41, 5.74) is -1.98. The van der Waals surface area contributed by atoms with Crippen molar-refractivity contribution in [2.45, 2.75) is 31.8 Å². The van der Waals surface area contributed by atoms with Crippen LogP contribution in [0.25, 0.3) is 0 Å². The Bertz CT molecular complexity index is 394. The number of carboxylic acid groups (broad SMARTS) is 1. The standard InChI is InChI=1S/C13H22N2O5S/c1-13(20,12(18)19)9-14-10(16)7-21-8-11(17)15-5-3-2-4-6-15/h20H,2-9H2,1H3,(H,14,16)(H,18,19). The van der Waals surface area contributed by atoms with E-state index in [2.05, 4.69) is 5.32 Å². The highest BCUT2D eigenvalue weighted by molar-refractivity contribution is 8.00. The number of nitrogens with zero attached hydrogens (tertiary/aromatic N) is 1. The first-order valence-corrected chi connectivity index (χ1v) is 8.06. The molecular weight excluding hydrogens is 296 g/mol. The lowest BCUT2D eigenvalue weighted by molar-refractivity contribution is -0.156. The largest absolute Gasteiger partial charge is 0.479 e. The van der Waals surface area contributed by atoms with Crippen LogP contribution in [0.5, 0.6) is 0 Å². The molecule has 7 nitrogen and oxygen atoms in total. The average Bonchev–Trinajstić information content (AvgIpc) is 2.46. The molecule has 1 aliphatic heterocycles. The van der Waals surface area contributed by atoms with Gasteiger partial charge in [-0.1, -0.05) is 0 Å². The van der Waals surface area contributed by atoms with Gasteiger partial charge >= 0.3 is 5.97 Å². The van der Waals surface area contributed by atoms with E-state index >= 15 is 0 Å². The average molecular weight is 318 g/mol. The summed E-state index contributed by atoms with van der Waals surface area (Å²) in [4.78, 5) is 35.8. The van der Waals surface area contributed by atoms with Crippen LogP contribution in [-0.4, -0.2) is 69.6 Å². The van der Waals surface area contributed by atoms with Crippen LogP contribution in [0.4, 0.5) is 0 Å². The summed E-state index contributed by atoms with van der Waals surface area (Å²) in [6.45, 7) is 2.32. The topological polar surface area (TPSA) is 107 Å². The molecule has 120 valence electrons. The van der Waals surface area contributed by atoms with Gasteiger partial charge in [0.25, 0.3) is 0 Å². The Balaban J connectivity index is 2.18. The predicted octanol–water partition coefficient (Wildman–Crippen LogP) is -0.316. The molecule has 0 aromatic heterocycles. The molecule has 1 aliphatic rings. The van der Waals surface area contributed by atoms with E-state index in [0.717, 1.165) is 39.3 Å². The van der Waals surface area contributed by atoms with Crippen LogP contribution in [-0.2, 0) is 14.4 Å². The maximum absolute atomic E-state index is 11.8. The van der Waals surface area contributed by atoms with Gasteiger partial charge in [0.15, 0.2) is 5.60 Å². The molecule has 1 saturated heterocycles. The molecule has 2 amide bonds. The Labute approximate surface area is 128 Å². The zero-order chi connectivity index (χ0) is 15.9. The van der Waals surface area contributed by atoms with Crippen molar-refractivity contribution in [3.05, 3.63) is 0 Å². The molecule has 21 heavy (non-hydrogen) atoms. The molecule has 1 atom stereocenters. The summed E-state index contributed by atoms with van der Waals surface area (Å²) in [5.74, 6) is -1.45. The first kappa shape index (κ1) is 17.8. The van der Waals surface area contributed by atoms with Crippen LogP contribution in [0.2, 0.25) is 0 Å². The highest BCUT2D eigenvalue weighted by Crippen LogP contribution is 2.11. The number of hydrogen-bond donors (Lipinski definition) is 3. The summed E-state index contributed by atoms with van der Waals surface area (Å²) in [6.07, 6.45) is 3.21. The van der Waals surface area contributed by atoms with E-state index in [1.165, 1.54) is 11.8 Å². The van der Waals surface area contributed by atoms with Crippen molar-refractivity contribution in [3.63, 3.8) is 0 Å². The molecule has 1 fully saturated rings. The van der Waals surface area contributed by atoms with Crippen molar-refractivity contribution in [2.75, 3.05) is 31.1 Å². The second kappa shape index (κ2) is 8.23. The highest BCUT2D eigenvalue weighted by atomic mass is 32.2. The number of carboxylic acids is 1. The molecule has 0 saturated carbocycles. The van der Waals surface area contributed by atoms with E-state index in [9.17, 15) is 19.5 Å². The maximum atomic E-state index is 11.8. The van der Waals surface area contributed by atoms with Gasteiger partial charge in [0, 0.05) is 13.1 Å². The lowest BCUT2D eigenvalue weighted by Gasteiger charge is -2.26. The second-order valence-corrected chi connectivity index (χ2v) is 6.28. The summed E-state index contributed by atoms with van der Waals surface area (Å²) >= 11 is 1.19. The molecule has 1 heterocycles. The lowest BCUT2D eigenvalue weighted by atomic mass is 10.1. The minimum Gasteiger partial charge on any atom is -0.479 e. The molecule has 0 aliphatic carbocycles. The van der Waals surface area contributed by atoms with Crippen LogP contribution in [0.15, 0.2) is 0 Å². The van der Waals surface area contributed by atoms with Gasteiger partial charge < -0.3 is 20.4 Å². The SMILES string of the molecule is CC(O)(CNC(=O)CSCC(=O)N1CCCCC1)C(=O)O. The Morgan fingerprint density at radius 2 is 1.81 bits per heavy atom. The number of aliphatic carboxylic acids is 1. The van der Waals surface area contributed by atoms with E-state index in [4.69, 9.17) is 5.11 Å². The van der Waals surface area contributed by atoms with Gasteiger partial charge in [-0.05, 0) is 26.2 Å². The fourth-order valence-electron chi connectivity index (χ4n) is 1.86. The monoisotopic (exact) mass is 318 g/mol. The number of nitrogens with one attached hydrogen (secondary N) is 1. The van der Waals surface area contributed by atoms with Crippen LogP contribution in [0.1, 0.15) is 26.2 Å². The van der Waals surface area contributed by atoms with Crippen LogP contribution in [0, 0.1) is 0 Å². The van der Waals surface area contributed by atoms with Gasteiger partial charge in [-0.3, -0.25) is 9.59 Å². The molecule has 3 N–H and O–H groups in total. The Hall–Kier alpha value is -1.28. The van der Waals surface area contributed by atoms with Gasteiger partial charge in [-0.2, -0.15) is 0 Å². The van der Waals surface area contributed by atoms with Gasteiger partial charge in [-0.15, -0.1) is 11.8 Å². The maximum Gasteiger partial charge on any atom is 0.337 e. The molecule has 8 heteroatoms. The Morgan fingerprint density at radius 3 is 2.38 bits per heavy atom. The quantitative estimate of drug-likeness (QED) is 0.594. The van der Waals surface area contributed by atoms with Crippen molar-refractivity contribution in [1.29, 1.82) is 0 Å². The smallest absolute Gasteiger partial charge is 0.337 e. The fourth-order valence-corrected chi connectivity index (χ4v) is 2.61. The van der Waals surface area contributed by atoms with E-state index < -0.39 is 17.5 Å². The zero-order valence-electron chi connectivity index (χ0n) is 12.1. The summed E-state index contributed by atoms with van der Waals surface area (Å²) in [6, 6.07) is 0. The molecule has 1 rings (SSSR count). The third-order valence-corrected chi connectivity index (χ3v) is 4.18. The molecule has 0 spiro atoms. The van der Waals surface area contributed by atoms with Crippen molar-refractivity contribution < 1.29 is 24.6 Å². The second-order valence-electron chi connectivity index (χ2n) is 5.29. The Kier molecular flexibility index (Phi) is 6.97. The number of rotatable bonds is 7. The van der Waals surface area contributed by atoms with Crippen LogP contribution < -0.4 is 5.32 Å².